The molecule has 1 fully saturated rings. The molecule has 0 radical (unpaired) electrons. The molecule has 168 valence electrons. The SMILES string of the molecule is Cc1nn(-c2ccc3nnc(C)n3n2)c2c1[C@@H](c1ccc(OC3CCCC3)cc1)CC(=O)N2. The molecule has 1 saturated carbocycles. The van der Waals surface area contributed by atoms with E-state index in [4.69, 9.17) is 9.84 Å². The Bertz CT molecular complexity index is 1350. The van der Waals surface area contributed by atoms with Gasteiger partial charge in [0.25, 0.3) is 0 Å². The van der Waals surface area contributed by atoms with Crippen molar-refractivity contribution in [2.24, 2.45) is 0 Å². The molecule has 6 rings (SSSR count). The lowest BCUT2D eigenvalue weighted by Crippen LogP contribution is -2.25. The van der Waals surface area contributed by atoms with E-state index in [0.717, 1.165) is 35.4 Å². The van der Waals surface area contributed by atoms with E-state index < -0.39 is 0 Å². The van der Waals surface area contributed by atoms with Gasteiger partial charge in [-0.05, 0) is 69.4 Å². The number of nitrogens with zero attached hydrogens (tertiary/aromatic N) is 6. The van der Waals surface area contributed by atoms with Crippen molar-refractivity contribution in [2.75, 3.05) is 5.32 Å². The molecule has 1 aliphatic carbocycles. The van der Waals surface area contributed by atoms with Gasteiger partial charge < -0.3 is 10.1 Å². The maximum Gasteiger partial charge on any atom is 0.226 e. The monoisotopic (exact) mass is 443 g/mol. The van der Waals surface area contributed by atoms with Crippen LogP contribution in [0.5, 0.6) is 5.75 Å². The Morgan fingerprint density at radius 1 is 1.00 bits per heavy atom. The van der Waals surface area contributed by atoms with Crippen LogP contribution in [0.15, 0.2) is 36.4 Å². The van der Waals surface area contributed by atoms with Crippen molar-refractivity contribution in [2.45, 2.75) is 58.0 Å². The molecule has 3 aromatic heterocycles. The van der Waals surface area contributed by atoms with Crippen molar-refractivity contribution >= 4 is 17.4 Å². The summed E-state index contributed by atoms with van der Waals surface area (Å²) in [5, 5.41) is 20.6. The highest BCUT2D eigenvalue weighted by atomic mass is 16.5. The summed E-state index contributed by atoms with van der Waals surface area (Å²) < 4.78 is 9.49. The van der Waals surface area contributed by atoms with Gasteiger partial charge in [0.1, 0.15) is 11.6 Å². The largest absolute Gasteiger partial charge is 0.490 e. The fourth-order valence-electron chi connectivity index (χ4n) is 4.97. The molecule has 0 spiro atoms. The highest BCUT2D eigenvalue weighted by Gasteiger charge is 2.33. The third kappa shape index (κ3) is 3.44. The minimum absolute atomic E-state index is 0.0403. The molecule has 9 heteroatoms. The second kappa shape index (κ2) is 7.68. The number of nitrogens with one attached hydrogen (secondary N) is 1. The number of amides is 1. The highest BCUT2D eigenvalue weighted by Crippen LogP contribution is 2.40. The molecule has 1 amide bonds. The molecule has 4 aromatic rings. The maximum atomic E-state index is 12.7. The van der Waals surface area contributed by atoms with Crippen LogP contribution < -0.4 is 10.1 Å². The number of aryl methyl sites for hydroxylation is 2. The van der Waals surface area contributed by atoms with E-state index in [1.165, 1.54) is 12.8 Å². The smallest absolute Gasteiger partial charge is 0.226 e. The lowest BCUT2D eigenvalue weighted by atomic mass is 9.86. The molecule has 4 heterocycles. The van der Waals surface area contributed by atoms with Crippen LogP contribution >= 0.6 is 0 Å². The normalized spacial score (nSPS) is 18.5. The van der Waals surface area contributed by atoms with E-state index >= 15 is 0 Å². The van der Waals surface area contributed by atoms with E-state index in [9.17, 15) is 4.79 Å². The van der Waals surface area contributed by atoms with Crippen LogP contribution in [0, 0.1) is 13.8 Å². The van der Waals surface area contributed by atoms with Crippen LogP contribution in [0.4, 0.5) is 5.82 Å². The van der Waals surface area contributed by atoms with E-state index in [0.29, 0.717) is 35.6 Å². The standard InChI is InChI=1S/C24H25N7O2/c1-14-23-19(16-7-9-18(10-8-16)33-17-5-3-4-6-17)13-22(32)25-24(23)31(28-14)21-12-11-20-27-26-15(2)30(20)29-21/h7-12,17,19H,3-6,13H2,1-2H3,(H,25,32)/t19-/m1/s1. The Hall–Kier alpha value is -3.75. The maximum absolute atomic E-state index is 12.7. The minimum atomic E-state index is -0.0802. The molecule has 2 aliphatic rings. The fraction of sp³-hybridized carbons (Fsp3) is 0.375. The summed E-state index contributed by atoms with van der Waals surface area (Å²) in [6.07, 6.45) is 5.43. The van der Waals surface area contributed by atoms with Crippen molar-refractivity contribution in [3.05, 3.63) is 59.0 Å². The van der Waals surface area contributed by atoms with Crippen LogP contribution in [0.3, 0.4) is 0 Å². The molecular weight excluding hydrogens is 418 g/mol. The number of fused-ring (bicyclic) bond motifs is 2. The van der Waals surface area contributed by atoms with E-state index in [1.54, 1.807) is 9.20 Å². The molecule has 33 heavy (non-hydrogen) atoms. The van der Waals surface area contributed by atoms with Gasteiger partial charge >= 0.3 is 0 Å². The number of aromatic nitrogens is 6. The summed E-state index contributed by atoms with van der Waals surface area (Å²) in [6, 6.07) is 11.9. The van der Waals surface area contributed by atoms with Crippen LogP contribution in [0.2, 0.25) is 0 Å². The molecule has 1 N–H and O–H groups in total. The number of hydrogen-bond acceptors (Lipinski definition) is 6. The van der Waals surface area contributed by atoms with E-state index in [1.807, 2.05) is 38.1 Å². The summed E-state index contributed by atoms with van der Waals surface area (Å²) in [5.74, 6) is 2.71. The molecule has 9 nitrogen and oxygen atoms in total. The van der Waals surface area contributed by atoms with Gasteiger partial charge in [0.05, 0.1) is 11.8 Å². The number of carbonyl (C=O) groups is 1. The predicted molar refractivity (Wildman–Crippen MR) is 122 cm³/mol. The van der Waals surface area contributed by atoms with Crippen molar-refractivity contribution < 1.29 is 9.53 Å². The molecule has 1 atom stereocenters. The lowest BCUT2D eigenvalue weighted by molar-refractivity contribution is -0.116. The number of anilines is 1. The number of ether oxygens (including phenoxy) is 1. The molecule has 0 saturated heterocycles. The van der Waals surface area contributed by atoms with Gasteiger partial charge in [-0.3, -0.25) is 4.79 Å². The van der Waals surface area contributed by atoms with E-state index in [-0.39, 0.29) is 11.8 Å². The Kier molecular flexibility index (Phi) is 4.63. The van der Waals surface area contributed by atoms with Gasteiger partial charge in [-0.2, -0.15) is 14.3 Å². The van der Waals surface area contributed by atoms with Crippen LogP contribution in [0.25, 0.3) is 11.5 Å². The average molecular weight is 444 g/mol. The Morgan fingerprint density at radius 2 is 1.79 bits per heavy atom. The van der Waals surface area contributed by atoms with Crippen LogP contribution in [-0.2, 0) is 4.79 Å². The van der Waals surface area contributed by atoms with E-state index in [2.05, 4.69) is 32.7 Å². The summed E-state index contributed by atoms with van der Waals surface area (Å²) in [6.45, 7) is 3.82. The second-order valence-corrected chi connectivity index (χ2v) is 8.87. The number of hydrogen-bond donors (Lipinski definition) is 1. The zero-order valence-electron chi connectivity index (χ0n) is 18.7. The first-order valence-electron chi connectivity index (χ1n) is 11.4. The van der Waals surface area contributed by atoms with Crippen molar-refractivity contribution in [1.82, 2.24) is 29.6 Å². The van der Waals surface area contributed by atoms with Gasteiger partial charge in [-0.15, -0.1) is 15.3 Å². The van der Waals surface area contributed by atoms with Crippen molar-refractivity contribution in [1.29, 1.82) is 0 Å². The molecule has 0 bridgehead atoms. The first kappa shape index (κ1) is 19.9. The average Bonchev–Trinajstić information content (AvgIpc) is 3.54. The quantitative estimate of drug-likeness (QED) is 0.516. The zero-order valence-corrected chi connectivity index (χ0v) is 18.7. The van der Waals surface area contributed by atoms with Gasteiger partial charge in [-0.1, -0.05) is 12.1 Å². The first-order chi connectivity index (χ1) is 16.1. The Labute approximate surface area is 190 Å². The summed E-state index contributed by atoms with van der Waals surface area (Å²) in [5.41, 5.74) is 3.62. The third-order valence-electron chi connectivity index (χ3n) is 6.61. The molecular formula is C24H25N7O2. The first-order valence-corrected chi connectivity index (χ1v) is 11.4. The second-order valence-electron chi connectivity index (χ2n) is 8.87. The minimum Gasteiger partial charge on any atom is -0.490 e. The molecule has 1 aliphatic heterocycles. The highest BCUT2D eigenvalue weighted by molar-refractivity contribution is 5.95. The zero-order chi connectivity index (χ0) is 22.5. The Balaban J connectivity index is 1.36. The van der Waals surface area contributed by atoms with Crippen molar-refractivity contribution in [3.8, 4) is 11.6 Å². The predicted octanol–water partition coefficient (Wildman–Crippen LogP) is 3.72. The topological polar surface area (TPSA) is 99.2 Å². The van der Waals surface area contributed by atoms with Gasteiger partial charge in [0, 0.05) is 17.9 Å². The number of rotatable bonds is 4. The lowest BCUT2D eigenvalue weighted by Gasteiger charge is -2.24. The Morgan fingerprint density at radius 3 is 2.58 bits per heavy atom. The molecule has 0 unspecified atom stereocenters. The van der Waals surface area contributed by atoms with Crippen molar-refractivity contribution in [3.63, 3.8) is 0 Å². The van der Waals surface area contributed by atoms with Gasteiger partial charge in [0.2, 0.25) is 5.91 Å². The number of benzene rings is 1. The fourth-order valence-corrected chi connectivity index (χ4v) is 4.97. The van der Waals surface area contributed by atoms with Gasteiger partial charge in [-0.25, -0.2) is 0 Å². The van der Waals surface area contributed by atoms with Crippen LogP contribution in [-0.4, -0.2) is 41.6 Å². The third-order valence-corrected chi connectivity index (χ3v) is 6.61. The van der Waals surface area contributed by atoms with Gasteiger partial charge in [0.15, 0.2) is 17.3 Å². The summed E-state index contributed by atoms with van der Waals surface area (Å²) >= 11 is 0. The summed E-state index contributed by atoms with van der Waals surface area (Å²) in [4.78, 5) is 12.7. The van der Waals surface area contributed by atoms with Crippen LogP contribution in [0.1, 0.15) is 60.7 Å². The molecule has 1 aromatic carbocycles. The number of carbonyl (C=O) groups excluding carboxylic acids is 1. The summed E-state index contributed by atoms with van der Waals surface area (Å²) in [7, 11) is 0.